The minimum Gasteiger partial charge on any atom is -0.454 e. The van der Waals surface area contributed by atoms with Crippen LogP contribution in [0.25, 0.3) is 51.2 Å². The van der Waals surface area contributed by atoms with Gasteiger partial charge < -0.3 is 47.0 Å². The lowest BCUT2D eigenvalue weighted by molar-refractivity contribution is -0.0581. The van der Waals surface area contributed by atoms with E-state index in [1.807, 2.05) is 127 Å². The molecule has 6 saturated carbocycles. The molecular weight excluding hydrogens is 1750 g/mol. The molecule has 17 heterocycles. The van der Waals surface area contributed by atoms with E-state index in [0.29, 0.717) is 0 Å². The lowest BCUT2D eigenvalue weighted by Gasteiger charge is -2.63. The number of anilines is 5. The number of aromatic nitrogens is 3. The van der Waals surface area contributed by atoms with E-state index >= 15 is 0 Å². The number of furan rings is 2. The van der Waals surface area contributed by atoms with E-state index in [1.165, 1.54) is 203 Å². The fourth-order valence-corrected chi connectivity index (χ4v) is 35.0. The van der Waals surface area contributed by atoms with Gasteiger partial charge in [-0.05, 0) is 228 Å². The van der Waals surface area contributed by atoms with Crippen molar-refractivity contribution in [3.05, 3.63) is 262 Å². The third-order valence-electron chi connectivity index (χ3n) is 36.1. The molecule has 28 rings (SSSR count). The fourth-order valence-electron chi connectivity index (χ4n) is 28.7. The van der Waals surface area contributed by atoms with E-state index in [2.05, 4.69) is 333 Å². The number of hydrogen-bond donors (Lipinski definition) is 0. The van der Waals surface area contributed by atoms with E-state index < -0.39 is 0 Å². The molecule has 2 unspecified atom stereocenters. The van der Waals surface area contributed by atoms with Crippen molar-refractivity contribution in [2.24, 2.45) is 55.6 Å². The molecule has 15 heteroatoms. The lowest BCUT2D eigenvalue weighted by Crippen LogP contribution is -2.61. The molecule has 0 amide bonds. The molecule has 3 spiro atoms. The summed E-state index contributed by atoms with van der Waals surface area (Å²) in [5.74, 6) is 3.67. The minimum atomic E-state index is -0.00937. The zero-order valence-corrected chi connectivity index (χ0v) is 90.9. The lowest BCUT2D eigenvalue weighted by atomic mass is 9.47. The van der Waals surface area contributed by atoms with Gasteiger partial charge in [0.2, 0.25) is 0 Å². The number of nitrogens with zero attached hydrogens (tertiary/aromatic N) is 8. The van der Waals surface area contributed by atoms with Crippen LogP contribution in [0.15, 0.2) is 179 Å². The van der Waals surface area contributed by atoms with Crippen LogP contribution >= 0.6 is 56.7 Å². The average Bonchev–Trinajstić information content (AvgIpc) is 1.53. The topological polar surface area (TPSA) is 57.3 Å². The zero-order chi connectivity index (χ0) is 96.1. The first-order valence-corrected chi connectivity index (χ1v) is 56.0. The number of thiophene rings is 5. The maximum absolute atomic E-state index is 5.71. The molecule has 10 nitrogen and oxygen atoms in total. The maximum atomic E-state index is 5.71. The molecule has 10 aromatic heterocycles. The Morgan fingerprint density at radius 3 is 0.985 bits per heavy atom. The molecule has 0 saturated heterocycles. The van der Waals surface area contributed by atoms with Gasteiger partial charge in [0.1, 0.15) is 14.5 Å². The molecule has 4 bridgehead atoms. The molecule has 6 fully saturated rings. The molecule has 6 aliphatic carbocycles. The second-order valence-electron chi connectivity index (χ2n) is 42.5. The highest BCUT2D eigenvalue weighted by Crippen LogP contribution is 2.72. The number of aryl methyl sites for hydroxylation is 8. The number of hydrogen-bond acceptors (Lipinski definition) is 12. The van der Waals surface area contributed by atoms with Gasteiger partial charge in [-0.15, -0.1) is 56.7 Å². The summed E-state index contributed by atoms with van der Waals surface area (Å²) >= 11 is 9.74. The van der Waals surface area contributed by atoms with Crippen LogP contribution in [-0.2, 0) is 92.4 Å². The van der Waals surface area contributed by atoms with Gasteiger partial charge in [0.25, 0.3) is 0 Å². The Balaban J connectivity index is 0.000000110. The molecule has 0 N–H and O–H groups in total. The van der Waals surface area contributed by atoms with Crippen molar-refractivity contribution in [1.82, 2.24) is 13.7 Å². The quantitative estimate of drug-likeness (QED) is 0.175. The molecule has 5 aromatic carbocycles. The van der Waals surface area contributed by atoms with Gasteiger partial charge in [-0.2, -0.15) is 0 Å². The van der Waals surface area contributed by atoms with Gasteiger partial charge in [-0.3, -0.25) is 0 Å². The van der Waals surface area contributed by atoms with E-state index in [0.717, 1.165) is 66.2 Å². The van der Waals surface area contributed by atoms with Gasteiger partial charge in [0, 0.05) is 158 Å². The smallest absolute Gasteiger partial charge is 0.188 e. The zero-order valence-electron chi connectivity index (χ0n) is 86.8. The normalized spacial score (nSPS) is 23.8. The SMILES string of the molecule is CC.CC.CC.CC.CC.Cc1cccc2c1N1Cc3sc4c(ccn4C)c3C1(C)C(C)(C)C2(C)C.Cc1cccc2c1N1Cc3sc4c(ccn4C)c3C1(C)C(C)(C)C2(C)C.Cc1ccccc1N1Cc2sc3c(ccn3C)c2C12C1CC3CC(C1)CC2C3.Cc1ccccc1N1Cc2sc3occc3c2C12CCCC2.Cc1ccccc1N1Cc2sc3occc3c2C12CCCCC2. The Labute approximate surface area is 828 Å². The highest BCUT2D eigenvalue weighted by Gasteiger charge is 2.68. The van der Waals surface area contributed by atoms with E-state index in [9.17, 15) is 0 Å². The predicted octanol–water partition coefficient (Wildman–Crippen LogP) is 35.1. The van der Waals surface area contributed by atoms with Gasteiger partial charge in [0.15, 0.2) is 9.79 Å². The Bertz CT molecular complexity index is 6640. The Morgan fingerprint density at radius 2 is 0.615 bits per heavy atom. The van der Waals surface area contributed by atoms with Crippen molar-refractivity contribution < 1.29 is 8.83 Å². The van der Waals surface area contributed by atoms with Crippen molar-refractivity contribution in [3.8, 4) is 0 Å². The van der Waals surface area contributed by atoms with Crippen molar-refractivity contribution in [1.29, 1.82) is 0 Å². The summed E-state index contributed by atoms with van der Waals surface area (Å²) < 4.78 is 18.3. The largest absolute Gasteiger partial charge is 0.454 e. The molecule has 0 radical (unpaired) electrons. The highest BCUT2D eigenvalue weighted by molar-refractivity contribution is 7.20. The third kappa shape index (κ3) is 13.9. The Hall–Kier alpha value is -8.70. The molecular formula is C120H154N8O2S5. The van der Waals surface area contributed by atoms with Crippen LogP contribution in [0.4, 0.5) is 28.4 Å². The summed E-state index contributed by atoms with van der Waals surface area (Å²) in [7, 11) is 6.56. The van der Waals surface area contributed by atoms with Crippen LogP contribution in [0.2, 0.25) is 0 Å². The fraction of sp³-hybridized carbons (Fsp3) is 0.500. The third-order valence-corrected chi connectivity index (χ3v) is 42.2. The predicted molar refractivity (Wildman–Crippen MR) is 586 cm³/mol. The second-order valence-corrected chi connectivity index (χ2v) is 47.9. The van der Waals surface area contributed by atoms with Gasteiger partial charge >= 0.3 is 0 Å². The van der Waals surface area contributed by atoms with E-state index in [4.69, 9.17) is 8.83 Å². The summed E-state index contributed by atoms with van der Waals surface area (Å²) in [5, 5.41) is 7.20. The van der Waals surface area contributed by atoms with Gasteiger partial charge in [-0.25, -0.2) is 0 Å². The van der Waals surface area contributed by atoms with Crippen LogP contribution in [-0.4, -0.2) is 13.7 Å². The average molecular weight is 1900 g/mol. The van der Waals surface area contributed by atoms with Crippen molar-refractivity contribution in [3.63, 3.8) is 0 Å². The van der Waals surface area contributed by atoms with Crippen molar-refractivity contribution in [2.45, 2.75) is 334 Å². The van der Waals surface area contributed by atoms with Crippen LogP contribution in [0.1, 0.15) is 320 Å². The first kappa shape index (κ1) is 96.6. The van der Waals surface area contributed by atoms with Crippen molar-refractivity contribution in [2.75, 3.05) is 24.5 Å². The first-order chi connectivity index (χ1) is 65.0. The number of benzene rings is 5. The first-order valence-electron chi connectivity index (χ1n) is 51.9. The van der Waals surface area contributed by atoms with E-state index in [-0.39, 0.29) is 49.4 Å². The van der Waals surface area contributed by atoms with Crippen LogP contribution in [0.3, 0.4) is 0 Å². The van der Waals surface area contributed by atoms with Crippen LogP contribution < -0.4 is 24.5 Å². The monoisotopic (exact) mass is 1900 g/mol. The summed E-state index contributed by atoms with van der Waals surface area (Å²) in [6.07, 6.45) is 29.5. The maximum Gasteiger partial charge on any atom is 0.188 e. The van der Waals surface area contributed by atoms with Crippen molar-refractivity contribution >= 4 is 136 Å². The Morgan fingerprint density at radius 1 is 0.304 bits per heavy atom. The summed E-state index contributed by atoms with van der Waals surface area (Å²) in [6.45, 7) is 61.3. The Kier molecular flexibility index (Phi) is 25.9. The molecule has 716 valence electrons. The summed E-state index contributed by atoms with van der Waals surface area (Å²) in [6, 6.07) is 52.0. The number of fused-ring (bicyclic) bond motifs is 25. The van der Waals surface area contributed by atoms with Gasteiger partial charge in [-0.1, -0.05) is 248 Å². The standard InChI is InChI=1S/C25H28N2S.2C23H28N2S.C20H21NOS.C19H19NOS.5C2H6/c1-15-5-3-4-6-21(15)27-14-22-23(20-7-8-26(2)24(20)28-22)25(27)18-10-16-9-17(12-18)13-19(25)11-16;2*1-14-9-8-10-16-19(14)25-13-17-18(15-11-12-24(7)20(15)26-17)23(25,6)22(4,5)21(16,2)3;1-14-7-3-4-8-16(14)21-13-17-18(15-9-12-22-19(15)23-17)20(21)10-5-2-6-11-20;1-13-6-2-3-7-15(13)20-12-16-17(19(20)9-4-5-10-19)14-8-11-21-18(14)22-16;5*1-2/h3-8,16-19H,9-14H2,1-2H3;2*8-12H,13H2,1-7H3;3-4,7-9,12H,2,5-6,10-11,13H2,1H3;2-3,6-8,11H,4-5,9-10,12H2,1H3;5*1-2H3. The second kappa shape index (κ2) is 36.2. The van der Waals surface area contributed by atoms with Gasteiger partial charge in [0.05, 0.1) is 72.9 Å². The highest BCUT2D eigenvalue weighted by atomic mass is 32.1. The summed E-state index contributed by atoms with van der Waals surface area (Å²) in [5.41, 5.74) is 26.2. The molecule has 2 atom stereocenters. The molecule has 15 aromatic rings. The minimum absolute atomic E-state index is 0.00937. The van der Waals surface area contributed by atoms with Crippen LogP contribution in [0.5, 0.6) is 0 Å². The molecule has 7 aliphatic heterocycles. The van der Waals surface area contributed by atoms with E-state index in [1.54, 1.807) is 47.8 Å². The number of para-hydroxylation sites is 5. The summed E-state index contributed by atoms with van der Waals surface area (Å²) in [4.78, 5) is 28.0. The molecule has 13 aliphatic rings. The molecule has 135 heavy (non-hydrogen) atoms. The van der Waals surface area contributed by atoms with Crippen LogP contribution in [0, 0.1) is 69.1 Å². The number of rotatable bonds is 3.